The van der Waals surface area contributed by atoms with Crippen LogP contribution in [0.4, 0.5) is 0 Å². The Morgan fingerprint density at radius 2 is 2.57 bits per heavy atom. The average Bonchev–Trinajstić information content (AvgIpc) is 2.50. The number of carbonyl (C=O) groups is 1. The molecule has 0 aromatic carbocycles. The number of nitrogens with zero attached hydrogens (tertiary/aromatic N) is 3. The number of carbonyl (C=O) groups excluding carboxylic acids is 1. The minimum absolute atomic E-state index is 0.349. The highest BCUT2D eigenvalue weighted by Crippen LogP contribution is 2.01. The van der Waals surface area contributed by atoms with E-state index in [-0.39, 0.29) is 5.97 Å². The molecule has 6 heteroatoms. The lowest BCUT2D eigenvalue weighted by atomic mass is 10.2. The van der Waals surface area contributed by atoms with Gasteiger partial charge in [0, 0.05) is 25.8 Å². The standard InChI is InChI=1S/C8H11N3O2S/c1-6(12)13-7(4-14)3-8-10-9-5-11(8)2/h4-5,7H,3H2,1-2H3. The summed E-state index contributed by atoms with van der Waals surface area (Å²) in [6.45, 7) is 1.35. The fourth-order valence-electron chi connectivity index (χ4n) is 1.00. The Bertz CT molecular complexity index is 337. The van der Waals surface area contributed by atoms with E-state index in [9.17, 15) is 4.79 Å². The lowest BCUT2D eigenvalue weighted by Crippen LogP contribution is -2.21. The summed E-state index contributed by atoms with van der Waals surface area (Å²) >= 11 is 4.75. The lowest BCUT2D eigenvalue weighted by molar-refractivity contribution is -0.143. The smallest absolute Gasteiger partial charge is 0.303 e. The molecule has 0 aliphatic carbocycles. The Morgan fingerprint density at radius 3 is 3.00 bits per heavy atom. The molecule has 0 radical (unpaired) electrons. The first kappa shape index (κ1) is 10.8. The average molecular weight is 213 g/mol. The van der Waals surface area contributed by atoms with Crippen LogP contribution < -0.4 is 0 Å². The largest absolute Gasteiger partial charge is 0.457 e. The molecular formula is C8H11N3O2S. The van der Waals surface area contributed by atoms with Crippen LogP contribution in [0.5, 0.6) is 0 Å². The molecule has 5 nitrogen and oxygen atoms in total. The van der Waals surface area contributed by atoms with Crippen molar-refractivity contribution in [2.45, 2.75) is 19.4 Å². The van der Waals surface area contributed by atoms with Crippen LogP contribution >= 0.6 is 12.2 Å². The highest BCUT2D eigenvalue weighted by Gasteiger charge is 2.12. The van der Waals surface area contributed by atoms with E-state index in [2.05, 4.69) is 10.2 Å². The second-order valence-corrected chi connectivity index (χ2v) is 3.12. The Hall–Kier alpha value is -1.30. The van der Waals surface area contributed by atoms with Gasteiger partial charge < -0.3 is 9.30 Å². The predicted molar refractivity (Wildman–Crippen MR) is 53.9 cm³/mol. The van der Waals surface area contributed by atoms with Crippen LogP contribution in [0.1, 0.15) is 12.7 Å². The number of aryl methyl sites for hydroxylation is 1. The van der Waals surface area contributed by atoms with Gasteiger partial charge in [-0.1, -0.05) is 12.2 Å². The summed E-state index contributed by atoms with van der Waals surface area (Å²) in [6, 6.07) is 0. The van der Waals surface area contributed by atoms with Crippen LogP contribution in [0.15, 0.2) is 6.33 Å². The van der Waals surface area contributed by atoms with Crippen LogP contribution in [0.25, 0.3) is 0 Å². The number of aromatic nitrogens is 3. The van der Waals surface area contributed by atoms with Gasteiger partial charge in [-0.25, -0.2) is 0 Å². The van der Waals surface area contributed by atoms with Gasteiger partial charge in [0.2, 0.25) is 0 Å². The Balaban J connectivity index is 2.61. The van der Waals surface area contributed by atoms with Gasteiger partial charge in [-0.05, 0) is 0 Å². The SMILES string of the molecule is CC(=O)OC(C=S)Cc1nncn1C. The van der Waals surface area contributed by atoms with Crippen molar-refractivity contribution in [1.29, 1.82) is 0 Å². The minimum Gasteiger partial charge on any atom is -0.457 e. The summed E-state index contributed by atoms with van der Waals surface area (Å²) in [7, 11) is 1.82. The normalized spacial score (nSPS) is 12.1. The maximum absolute atomic E-state index is 10.7. The van der Waals surface area contributed by atoms with Crippen molar-refractivity contribution in [3.05, 3.63) is 12.2 Å². The van der Waals surface area contributed by atoms with Gasteiger partial charge in [0.25, 0.3) is 0 Å². The molecule has 0 N–H and O–H groups in total. The fourth-order valence-corrected chi connectivity index (χ4v) is 1.15. The zero-order chi connectivity index (χ0) is 10.6. The van der Waals surface area contributed by atoms with Gasteiger partial charge in [-0.2, -0.15) is 0 Å². The Kier molecular flexibility index (Phi) is 3.70. The highest BCUT2D eigenvalue weighted by molar-refractivity contribution is 7.79. The third-order valence-corrected chi connectivity index (χ3v) is 1.96. The second-order valence-electron chi connectivity index (χ2n) is 2.85. The maximum Gasteiger partial charge on any atom is 0.303 e. The van der Waals surface area contributed by atoms with E-state index in [4.69, 9.17) is 17.0 Å². The van der Waals surface area contributed by atoms with Crippen molar-refractivity contribution in [3.63, 3.8) is 0 Å². The molecule has 0 aliphatic heterocycles. The summed E-state index contributed by atoms with van der Waals surface area (Å²) in [5.74, 6) is 0.385. The van der Waals surface area contributed by atoms with Gasteiger partial charge >= 0.3 is 5.97 Å². The van der Waals surface area contributed by atoms with Crippen LogP contribution in [0, 0.1) is 0 Å². The second kappa shape index (κ2) is 4.80. The van der Waals surface area contributed by atoms with Crippen LogP contribution in [-0.4, -0.2) is 32.2 Å². The van der Waals surface area contributed by atoms with Gasteiger partial charge in [0.15, 0.2) is 0 Å². The third-order valence-electron chi connectivity index (χ3n) is 1.66. The van der Waals surface area contributed by atoms with Crippen molar-refractivity contribution in [2.24, 2.45) is 7.05 Å². The quantitative estimate of drug-likeness (QED) is 0.531. The summed E-state index contributed by atoms with van der Waals surface area (Å²) in [4.78, 5) is 10.7. The molecule has 1 aromatic rings. The summed E-state index contributed by atoms with van der Waals surface area (Å²) < 4.78 is 6.71. The fraction of sp³-hybridized carbons (Fsp3) is 0.500. The summed E-state index contributed by atoms with van der Waals surface area (Å²) in [6.07, 6.45) is 1.63. The number of hydrogen-bond acceptors (Lipinski definition) is 5. The van der Waals surface area contributed by atoms with Crippen molar-refractivity contribution >= 4 is 23.6 Å². The lowest BCUT2D eigenvalue weighted by Gasteiger charge is -2.10. The number of rotatable bonds is 4. The molecule has 1 unspecified atom stereocenters. The number of esters is 1. The first-order chi connectivity index (χ1) is 6.63. The highest BCUT2D eigenvalue weighted by atomic mass is 32.1. The predicted octanol–water partition coefficient (Wildman–Crippen LogP) is 0.289. The molecule has 0 spiro atoms. The molecule has 0 aliphatic rings. The molecule has 1 aromatic heterocycles. The number of thiocarbonyl (C=S) groups is 1. The monoisotopic (exact) mass is 213 g/mol. The molecular weight excluding hydrogens is 202 g/mol. The number of ether oxygens (including phenoxy) is 1. The molecule has 0 fully saturated rings. The van der Waals surface area contributed by atoms with E-state index < -0.39 is 6.10 Å². The van der Waals surface area contributed by atoms with Crippen LogP contribution in [0.2, 0.25) is 0 Å². The van der Waals surface area contributed by atoms with Crippen LogP contribution in [-0.2, 0) is 23.0 Å². The topological polar surface area (TPSA) is 57.0 Å². The third kappa shape index (κ3) is 2.88. The van der Waals surface area contributed by atoms with E-state index in [1.54, 1.807) is 10.9 Å². The maximum atomic E-state index is 10.7. The van der Waals surface area contributed by atoms with Crippen molar-refractivity contribution in [3.8, 4) is 0 Å². The molecule has 1 rings (SSSR count). The first-order valence-corrected chi connectivity index (χ1v) is 4.56. The van der Waals surface area contributed by atoms with Crippen molar-refractivity contribution < 1.29 is 9.53 Å². The van der Waals surface area contributed by atoms with Crippen molar-refractivity contribution in [1.82, 2.24) is 14.8 Å². The summed E-state index contributed by atoms with van der Waals surface area (Å²) in [5.41, 5.74) is 0. The van der Waals surface area contributed by atoms with E-state index in [1.165, 1.54) is 12.3 Å². The zero-order valence-corrected chi connectivity index (χ0v) is 8.82. The van der Waals surface area contributed by atoms with Crippen LogP contribution in [0.3, 0.4) is 0 Å². The molecule has 1 atom stereocenters. The van der Waals surface area contributed by atoms with Gasteiger partial charge in [-0.3, -0.25) is 4.79 Å². The molecule has 14 heavy (non-hydrogen) atoms. The van der Waals surface area contributed by atoms with Gasteiger partial charge in [0.05, 0.1) is 0 Å². The van der Waals surface area contributed by atoms with E-state index in [0.717, 1.165) is 5.82 Å². The molecule has 1 heterocycles. The Morgan fingerprint density at radius 1 is 1.86 bits per heavy atom. The van der Waals surface area contributed by atoms with Gasteiger partial charge in [-0.15, -0.1) is 10.2 Å². The van der Waals surface area contributed by atoms with Gasteiger partial charge in [0.1, 0.15) is 18.3 Å². The Labute approximate surface area is 87.1 Å². The summed E-state index contributed by atoms with van der Waals surface area (Å²) in [5, 5.41) is 8.99. The van der Waals surface area contributed by atoms with E-state index >= 15 is 0 Å². The zero-order valence-electron chi connectivity index (χ0n) is 8.01. The molecule has 76 valence electrons. The van der Waals surface area contributed by atoms with E-state index in [0.29, 0.717) is 6.42 Å². The van der Waals surface area contributed by atoms with E-state index in [1.807, 2.05) is 7.05 Å². The molecule has 0 amide bonds. The minimum atomic E-state index is -0.412. The molecule has 0 saturated carbocycles. The van der Waals surface area contributed by atoms with Crippen molar-refractivity contribution in [2.75, 3.05) is 0 Å². The molecule has 0 bridgehead atoms. The molecule has 0 saturated heterocycles. The number of hydrogen-bond donors (Lipinski definition) is 0. The first-order valence-electron chi connectivity index (χ1n) is 4.09.